The van der Waals surface area contributed by atoms with Crippen LogP contribution in [-0.2, 0) is 14.8 Å². The fourth-order valence-electron chi connectivity index (χ4n) is 2.67. The van der Waals surface area contributed by atoms with E-state index < -0.39 is 15.8 Å². The van der Waals surface area contributed by atoms with Crippen molar-refractivity contribution < 1.29 is 27.1 Å². The van der Waals surface area contributed by atoms with Gasteiger partial charge in [0, 0.05) is 24.7 Å². The van der Waals surface area contributed by atoms with Gasteiger partial charge in [0.05, 0.1) is 11.9 Å². The van der Waals surface area contributed by atoms with Gasteiger partial charge in [-0.25, -0.2) is 12.8 Å². The Morgan fingerprint density at radius 1 is 1.15 bits per heavy atom. The molecule has 0 saturated carbocycles. The molecule has 1 amide bonds. The van der Waals surface area contributed by atoms with Crippen molar-refractivity contribution in [1.82, 2.24) is 0 Å². The van der Waals surface area contributed by atoms with Crippen LogP contribution in [0.25, 0.3) is 0 Å². The van der Waals surface area contributed by atoms with Crippen LogP contribution in [0.2, 0.25) is 0 Å². The monoisotopic (exact) mass is 394 g/mol. The normalized spacial score (nSPS) is 13.1. The number of hydrogen-bond donors (Lipinski definition) is 1. The van der Waals surface area contributed by atoms with Crippen molar-refractivity contribution in [2.24, 2.45) is 0 Å². The van der Waals surface area contributed by atoms with Gasteiger partial charge in [-0.2, -0.15) is 0 Å². The molecule has 1 N–H and O–H groups in total. The fraction of sp³-hybridized carbons (Fsp3) is 0.278. The standard InChI is InChI=1S/C18H19FN2O5S/c1-27(23,24)21(15-4-2-3-13(19)11-15)8-7-18(22)20-14-5-6-16-17(12-14)26-10-9-25-16/h2-6,11-12H,7-10H2,1H3,(H,20,22). The smallest absolute Gasteiger partial charge is 0.232 e. The van der Waals surface area contributed by atoms with Gasteiger partial charge in [0.25, 0.3) is 0 Å². The maximum atomic E-state index is 13.4. The Morgan fingerprint density at radius 2 is 1.89 bits per heavy atom. The number of fused-ring (bicyclic) bond motifs is 1. The molecule has 0 atom stereocenters. The second kappa shape index (κ2) is 7.83. The minimum Gasteiger partial charge on any atom is -0.486 e. The van der Waals surface area contributed by atoms with E-state index >= 15 is 0 Å². The molecule has 0 bridgehead atoms. The Balaban J connectivity index is 1.66. The number of sulfonamides is 1. The first kappa shape index (κ1) is 19.0. The zero-order valence-electron chi connectivity index (χ0n) is 14.6. The highest BCUT2D eigenvalue weighted by Crippen LogP contribution is 2.32. The molecule has 0 spiro atoms. The minimum absolute atomic E-state index is 0.0992. The third-order valence-electron chi connectivity index (χ3n) is 3.86. The van der Waals surface area contributed by atoms with Crippen LogP contribution in [0.5, 0.6) is 11.5 Å². The number of nitrogens with zero attached hydrogens (tertiary/aromatic N) is 1. The highest BCUT2D eigenvalue weighted by Gasteiger charge is 2.19. The van der Waals surface area contributed by atoms with E-state index in [1.165, 1.54) is 18.2 Å². The Morgan fingerprint density at radius 3 is 2.59 bits per heavy atom. The number of nitrogens with one attached hydrogen (secondary N) is 1. The molecule has 144 valence electrons. The van der Waals surface area contributed by atoms with Crippen LogP contribution >= 0.6 is 0 Å². The lowest BCUT2D eigenvalue weighted by molar-refractivity contribution is -0.116. The van der Waals surface area contributed by atoms with E-state index in [0.717, 1.165) is 16.6 Å². The van der Waals surface area contributed by atoms with Crippen LogP contribution in [0, 0.1) is 5.82 Å². The molecule has 27 heavy (non-hydrogen) atoms. The lowest BCUT2D eigenvalue weighted by Crippen LogP contribution is -2.33. The van der Waals surface area contributed by atoms with Crippen molar-refractivity contribution in [3.63, 3.8) is 0 Å². The minimum atomic E-state index is -3.67. The third kappa shape index (κ3) is 4.88. The molecule has 0 fully saturated rings. The first-order valence-corrected chi connectivity index (χ1v) is 10.1. The molecule has 0 aliphatic carbocycles. The van der Waals surface area contributed by atoms with Gasteiger partial charge >= 0.3 is 0 Å². The van der Waals surface area contributed by atoms with E-state index in [0.29, 0.717) is 30.4 Å². The number of ether oxygens (including phenoxy) is 2. The third-order valence-corrected chi connectivity index (χ3v) is 5.06. The molecule has 1 heterocycles. The van der Waals surface area contributed by atoms with E-state index in [2.05, 4.69) is 5.32 Å². The van der Waals surface area contributed by atoms with Crippen molar-refractivity contribution in [2.45, 2.75) is 6.42 Å². The van der Waals surface area contributed by atoms with Gasteiger partial charge < -0.3 is 14.8 Å². The highest BCUT2D eigenvalue weighted by atomic mass is 32.2. The van der Waals surface area contributed by atoms with Crippen molar-refractivity contribution in [3.8, 4) is 11.5 Å². The lowest BCUT2D eigenvalue weighted by Gasteiger charge is -2.22. The molecule has 1 aliphatic heterocycles. The molecule has 9 heteroatoms. The summed E-state index contributed by atoms with van der Waals surface area (Å²) in [6.07, 6.45) is 0.911. The van der Waals surface area contributed by atoms with Gasteiger partial charge in [-0.1, -0.05) is 6.07 Å². The molecule has 7 nitrogen and oxygen atoms in total. The van der Waals surface area contributed by atoms with Crippen LogP contribution in [0.3, 0.4) is 0 Å². The van der Waals surface area contributed by atoms with E-state index in [-0.39, 0.29) is 24.6 Å². The van der Waals surface area contributed by atoms with Gasteiger partial charge in [-0.15, -0.1) is 0 Å². The van der Waals surface area contributed by atoms with Crippen LogP contribution in [-0.4, -0.2) is 40.3 Å². The largest absolute Gasteiger partial charge is 0.486 e. The second-order valence-corrected chi connectivity index (χ2v) is 7.88. The van der Waals surface area contributed by atoms with Gasteiger partial charge in [-0.3, -0.25) is 9.10 Å². The summed E-state index contributed by atoms with van der Waals surface area (Å²) in [5.41, 5.74) is 0.686. The zero-order chi connectivity index (χ0) is 19.4. The Labute approximate surface area is 156 Å². The summed E-state index contributed by atoms with van der Waals surface area (Å²) < 4.78 is 49.3. The van der Waals surface area contributed by atoms with Crippen LogP contribution in [0.1, 0.15) is 6.42 Å². The van der Waals surface area contributed by atoms with E-state index in [9.17, 15) is 17.6 Å². The average Bonchev–Trinajstić information content (AvgIpc) is 2.61. The Kier molecular flexibility index (Phi) is 5.50. The number of halogens is 1. The second-order valence-electron chi connectivity index (χ2n) is 5.97. The molecule has 0 aromatic heterocycles. The van der Waals surface area contributed by atoms with Crippen LogP contribution in [0.4, 0.5) is 15.8 Å². The molecule has 0 radical (unpaired) electrons. The number of amides is 1. The van der Waals surface area contributed by atoms with Gasteiger partial charge in [0.15, 0.2) is 11.5 Å². The van der Waals surface area contributed by atoms with E-state index in [1.807, 2.05) is 0 Å². The summed E-state index contributed by atoms with van der Waals surface area (Å²) in [6.45, 7) is 0.792. The average molecular weight is 394 g/mol. The summed E-state index contributed by atoms with van der Waals surface area (Å²) in [5.74, 6) is 0.212. The molecule has 0 saturated heterocycles. The van der Waals surface area contributed by atoms with Gasteiger partial charge in [0.2, 0.25) is 15.9 Å². The number of benzene rings is 2. The lowest BCUT2D eigenvalue weighted by atomic mass is 10.2. The Bertz CT molecular complexity index is 949. The van der Waals surface area contributed by atoms with Crippen molar-refractivity contribution in [2.75, 3.05) is 35.6 Å². The summed E-state index contributed by atoms with van der Waals surface area (Å²) in [4.78, 5) is 12.2. The molecular weight excluding hydrogens is 375 g/mol. The molecular formula is C18H19FN2O5S. The van der Waals surface area contributed by atoms with Crippen molar-refractivity contribution in [1.29, 1.82) is 0 Å². The SMILES string of the molecule is CS(=O)(=O)N(CCC(=O)Nc1ccc2c(c1)OCCO2)c1cccc(F)c1. The number of hydrogen-bond acceptors (Lipinski definition) is 5. The zero-order valence-corrected chi connectivity index (χ0v) is 15.5. The first-order chi connectivity index (χ1) is 12.8. The first-order valence-electron chi connectivity index (χ1n) is 8.26. The fourth-order valence-corrected chi connectivity index (χ4v) is 3.58. The predicted octanol–water partition coefficient (Wildman–Crippen LogP) is 2.39. The molecule has 2 aromatic carbocycles. The number of carbonyl (C=O) groups excluding carboxylic acids is 1. The van der Waals surface area contributed by atoms with Crippen LogP contribution < -0.4 is 19.1 Å². The maximum absolute atomic E-state index is 13.4. The maximum Gasteiger partial charge on any atom is 0.232 e. The van der Waals surface area contributed by atoms with E-state index in [4.69, 9.17) is 9.47 Å². The summed E-state index contributed by atoms with van der Waals surface area (Å²) in [7, 11) is -3.67. The van der Waals surface area contributed by atoms with Gasteiger partial charge in [0.1, 0.15) is 19.0 Å². The summed E-state index contributed by atoms with van der Waals surface area (Å²) in [6, 6.07) is 10.2. The molecule has 3 rings (SSSR count). The summed E-state index contributed by atoms with van der Waals surface area (Å²) >= 11 is 0. The molecule has 2 aromatic rings. The summed E-state index contributed by atoms with van der Waals surface area (Å²) in [5, 5.41) is 2.69. The highest BCUT2D eigenvalue weighted by molar-refractivity contribution is 7.92. The van der Waals surface area contributed by atoms with E-state index in [1.54, 1.807) is 18.2 Å². The molecule has 0 unspecified atom stereocenters. The van der Waals surface area contributed by atoms with Gasteiger partial charge in [-0.05, 0) is 30.3 Å². The predicted molar refractivity (Wildman–Crippen MR) is 99.3 cm³/mol. The van der Waals surface area contributed by atoms with Crippen molar-refractivity contribution >= 4 is 27.3 Å². The Hall–Kier alpha value is -2.81. The number of carbonyl (C=O) groups is 1. The quantitative estimate of drug-likeness (QED) is 0.813. The molecule has 1 aliphatic rings. The van der Waals surface area contributed by atoms with Crippen LogP contribution in [0.15, 0.2) is 42.5 Å². The van der Waals surface area contributed by atoms with Crippen molar-refractivity contribution in [3.05, 3.63) is 48.3 Å². The number of rotatable bonds is 6. The topological polar surface area (TPSA) is 84.9 Å². The number of anilines is 2.